The van der Waals surface area contributed by atoms with Gasteiger partial charge in [0, 0.05) is 18.0 Å². The molecule has 0 saturated heterocycles. The lowest BCUT2D eigenvalue weighted by atomic mass is 9.97. The summed E-state index contributed by atoms with van der Waals surface area (Å²) in [4.78, 5) is 3.48. The summed E-state index contributed by atoms with van der Waals surface area (Å²) in [5.74, 6) is 0. The Morgan fingerprint density at radius 2 is 2.00 bits per heavy atom. The van der Waals surface area contributed by atoms with Crippen LogP contribution in [0.5, 0.6) is 0 Å². The summed E-state index contributed by atoms with van der Waals surface area (Å²) >= 11 is 5.51. The molecule has 2 nitrogen and oxygen atoms in total. The van der Waals surface area contributed by atoms with Crippen molar-refractivity contribution in [1.29, 1.82) is 0 Å². The molecule has 0 spiro atoms. The number of hydrogen-bond acceptors (Lipinski definition) is 2. The van der Waals surface area contributed by atoms with Crippen LogP contribution in [0, 0.1) is 0 Å². The molecule has 1 atom stereocenters. The van der Waals surface area contributed by atoms with Crippen LogP contribution in [0.4, 0.5) is 13.2 Å². The maximum absolute atomic E-state index is 12.4. The van der Waals surface area contributed by atoms with E-state index in [2.05, 4.69) is 4.98 Å². The predicted octanol–water partition coefficient (Wildman–Crippen LogP) is 2.50. The van der Waals surface area contributed by atoms with Crippen LogP contribution in [0.3, 0.4) is 0 Å². The molecule has 0 amide bonds. The van der Waals surface area contributed by atoms with Crippen molar-refractivity contribution in [3.63, 3.8) is 0 Å². The van der Waals surface area contributed by atoms with Crippen LogP contribution in [0.15, 0.2) is 18.5 Å². The summed E-state index contributed by atoms with van der Waals surface area (Å²) in [7, 11) is 0. The molecule has 0 aliphatic carbocycles. The zero-order valence-electron chi connectivity index (χ0n) is 7.14. The van der Waals surface area contributed by atoms with Gasteiger partial charge in [0.05, 0.1) is 5.02 Å². The maximum Gasteiger partial charge on any atom is 0.421 e. The molecule has 0 saturated carbocycles. The minimum Gasteiger partial charge on any atom is -0.376 e. The first-order valence-corrected chi connectivity index (χ1v) is 4.03. The molecule has 0 bridgehead atoms. The number of hydrogen-bond donors (Lipinski definition) is 1. The van der Waals surface area contributed by atoms with Crippen LogP contribution >= 0.6 is 11.6 Å². The Morgan fingerprint density at radius 1 is 1.43 bits per heavy atom. The second kappa shape index (κ2) is 3.40. The molecule has 1 N–H and O–H groups in total. The van der Waals surface area contributed by atoms with Crippen LogP contribution in [0.25, 0.3) is 0 Å². The topological polar surface area (TPSA) is 33.1 Å². The van der Waals surface area contributed by atoms with Crippen molar-refractivity contribution >= 4 is 11.6 Å². The zero-order chi connectivity index (χ0) is 11.0. The quantitative estimate of drug-likeness (QED) is 0.797. The molecule has 0 aliphatic heterocycles. The first-order valence-electron chi connectivity index (χ1n) is 3.66. The molecule has 1 heterocycles. The fraction of sp³-hybridized carbons (Fsp3) is 0.375. The van der Waals surface area contributed by atoms with E-state index >= 15 is 0 Å². The van der Waals surface area contributed by atoms with E-state index in [1.807, 2.05) is 0 Å². The molecule has 0 aliphatic rings. The summed E-state index contributed by atoms with van der Waals surface area (Å²) in [6, 6.07) is 1.19. The first kappa shape index (κ1) is 11.3. The molecule has 0 radical (unpaired) electrons. The largest absolute Gasteiger partial charge is 0.421 e. The van der Waals surface area contributed by atoms with E-state index in [9.17, 15) is 18.3 Å². The van der Waals surface area contributed by atoms with Crippen LogP contribution in [0.1, 0.15) is 12.5 Å². The summed E-state index contributed by atoms with van der Waals surface area (Å²) < 4.78 is 37.1. The zero-order valence-corrected chi connectivity index (χ0v) is 7.89. The van der Waals surface area contributed by atoms with Gasteiger partial charge in [0.15, 0.2) is 5.60 Å². The molecule has 14 heavy (non-hydrogen) atoms. The first-order chi connectivity index (χ1) is 6.27. The number of rotatable bonds is 1. The Hall–Kier alpha value is -0.810. The average Bonchev–Trinajstić information content (AvgIpc) is 2.02. The molecule has 1 aromatic heterocycles. The molecular formula is C8H7ClF3NO. The number of nitrogens with zero attached hydrogens (tertiary/aromatic N) is 1. The Morgan fingerprint density at radius 3 is 2.43 bits per heavy atom. The van der Waals surface area contributed by atoms with Gasteiger partial charge in [-0.3, -0.25) is 4.98 Å². The van der Waals surface area contributed by atoms with Gasteiger partial charge in [-0.05, 0) is 13.0 Å². The summed E-state index contributed by atoms with van der Waals surface area (Å²) in [6.07, 6.45) is -2.63. The number of aromatic nitrogens is 1. The number of aliphatic hydroxyl groups is 1. The Bertz CT molecular complexity index is 338. The molecular weight excluding hydrogens is 219 g/mol. The maximum atomic E-state index is 12.4. The van der Waals surface area contributed by atoms with Gasteiger partial charge < -0.3 is 5.11 Å². The van der Waals surface area contributed by atoms with Gasteiger partial charge in [0.25, 0.3) is 0 Å². The number of halogens is 4. The third-order valence-corrected chi connectivity index (χ3v) is 2.17. The lowest BCUT2D eigenvalue weighted by molar-refractivity contribution is -0.258. The lowest BCUT2D eigenvalue weighted by Gasteiger charge is -2.26. The van der Waals surface area contributed by atoms with Crippen molar-refractivity contribution in [2.75, 3.05) is 0 Å². The molecule has 0 unspecified atom stereocenters. The van der Waals surface area contributed by atoms with Gasteiger partial charge in [0.2, 0.25) is 0 Å². The SMILES string of the molecule is C[C@@](O)(c1cnccc1Cl)C(F)(F)F. The van der Waals surface area contributed by atoms with Crippen LogP contribution < -0.4 is 0 Å². The monoisotopic (exact) mass is 225 g/mol. The highest BCUT2D eigenvalue weighted by Crippen LogP contribution is 2.40. The van der Waals surface area contributed by atoms with Gasteiger partial charge in [0.1, 0.15) is 0 Å². The molecule has 1 rings (SSSR count). The van der Waals surface area contributed by atoms with E-state index in [4.69, 9.17) is 11.6 Å². The summed E-state index contributed by atoms with van der Waals surface area (Å²) in [5.41, 5.74) is -3.42. The summed E-state index contributed by atoms with van der Waals surface area (Å²) in [6.45, 7) is 0.635. The van der Waals surface area contributed by atoms with Crippen molar-refractivity contribution in [3.05, 3.63) is 29.0 Å². The minimum atomic E-state index is -4.78. The van der Waals surface area contributed by atoms with Crippen LogP contribution in [-0.4, -0.2) is 16.3 Å². The lowest BCUT2D eigenvalue weighted by Crippen LogP contribution is -2.39. The van der Waals surface area contributed by atoms with Crippen molar-refractivity contribution in [1.82, 2.24) is 4.98 Å². The van der Waals surface area contributed by atoms with Gasteiger partial charge in [-0.25, -0.2) is 0 Å². The average molecular weight is 226 g/mol. The molecule has 6 heteroatoms. The predicted molar refractivity (Wildman–Crippen MR) is 44.9 cm³/mol. The van der Waals surface area contributed by atoms with E-state index in [-0.39, 0.29) is 5.02 Å². The van der Waals surface area contributed by atoms with Gasteiger partial charge in [-0.15, -0.1) is 0 Å². The fourth-order valence-corrected chi connectivity index (χ4v) is 1.18. The van der Waals surface area contributed by atoms with Crippen molar-refractivity contribution in [3.8, 4) is 0 Å². The van der Waals surface area contributed by atoms with E-state index in [1.165, 1.54) is 12.3 Å². The van der Waals surface area contributed by atoms with Crippen LogP contribution in [0.2, 0.25) is 5.02 Å². The standard InChI is InChI=1S/C8H7ClF3NO/c1-7(14,8(10,11)12)5-4-13-3-2-6(5)9/h2-4,14H,1H3/t7-/m1/s1. The summed E-state index contributed by atoms with van der Waals surface area (Å²) in [5, 5.41) is 9.09. The molecule has 0 aromatic carbocycles. The van der Waals surface area contributed by atoms with Gasteiger partial charge in [-0.1, -0.05) is 11.6 Å². The highest BCUT2D eigenvalue weighted by atomic mass is 35.5. The Labute approximate surface area is 83.3 Å². The number of alkyl halides is 3. The van der Waals surface area contributed by atoms with Crippen molar-refractivity contribution < 1.29 is 18.3 Å². The molecule has 1 aromatic rings. The second-order valence-electron chi connectivity index (χ2n) is 2.93. The Balaban J connectivity index is 3.23. The van der Waals surface area contributed by atoms with E-state index in [1.54, 1.807) is 0 Å². The highest BCUT2D eigenvalue weighted by Gasteiger charge is 2.52. The fourth-order valence-electron chi connectivity index (χ4n) is 0.888. The molecule has 0 fully saturated rings. The third-order valence-electron chi connectivity index (χ3n) is 1.84. The second-order valence-corrected chi connectivity index (χ2v) is 3.33. The van der Waals surface area contributed by atoms with Crippen molar-refractivity contribution in [2.24, 2.45) is 0 Å². The third kappa shape index (κ3) is 1.83. The number of pyridine rings is 1. The van der Waals surface area contributed by atoms with Crippen LogP contribution in [-0.2, 0) is 5.60 Å². The van der Waals surface area contributed by atoms with E-state index in [0.29, 0.717) is 6.92 Å². The van der Waals surface area contributed by atoms with Gasteiger partial charge >= 0.3 is 6.18 Å². The van der Waals surface area contributed by atoms with E-state index < -0.39 is 17.3 Å². The minimum absolute atomic E-state index is 0.165. The van der Waals surface area contributed by atoms with Crippen molar-refractivity contribution in [2.45, 2.75) is 18.7 Å². The van der Waals surface area contributed by atoms with E-state index in [0.717, 1.165) is 6.20 Å². The molecule has 78 valence electrons. The highest BCUT2D eigenvalue weighted by molar-refractivity contribution is 6.31. The normalized spacial score (nSPS) is 16.4. The smallest absolute Gasteiger partial charge is 0.376 e. The van der Waals surface area contributed by atoms with Gasteiger partial charge in [-0.2, -0.15) is 13.2 Å². The Kier molecular flexibility index (Phi) is 2.74.